The zero-order valence-electron chi connectivity index (χ0n) is 7.01. The summed E-state index contributed by atoms with van der Waals surface area (Å²) in [6.45, 7) is 0. The third-order valence-corrected chi connectivity index (χ3v) is 2.16. The van der Waals surface area contributed by atoms with Crippen molar-refractivity contribution in [3.63, 3.8) is 0 Å². The number of alkyl halides is 1. The Labute approximate surface area is 86.4 Å². The first-order chi connectivity index (χ1) is 6.19. The van der Waals surface area contributed by atoms with Gasteiger partial charge in [0.15, 0.2) is 0 Å². The lowest BCUT2D eigenvalue weighted by molar-refractivity contribution is 0.108. The van der Waals surface area contributed by atoms with Gasteiger partial charge in [-0.3, -0.25) is 4.79 Å². The van der Waals surface area contributed by atoms with E-state index in [1.54, 1.807) is 25.3 Å². The van der Waals surface area contributed by atoms with Crippen LogP contribution in [-0.2, 0) is 5.88 Å². The van der Waals surface area contributed by atoms with E-state index in [1.807, 2.05) is 0 Å². The van der Waals surface area contributed by atoms with Gasteiger partial charge in [0.25, 0.3) is 5.24 Å². The highest BCUT2D eigenvalue weighted by atomic mass is 35.5. The predicted octanol–water partition coefficient (Wildman–Crippen LogP) is 2.81. The van der Waals surface area contributed by atoms with Crippen LogP contribution in [0, 0.1) is 0 Å². The second-order valence-corrected chi connectivity index (χ2v) is 3.04. The lowest BCUT2D eigenvalue weighted by atomic mass is 10.1. The first-order valence-electron chi connectivity index (χ1n) is 3.61. The fourth-order valence-electron chi connectivity index (χ4n) is 0.999. The fraction of sp³-hybridized carbons (Fsp3) is 0.222. The largest absolute Gasteiger partial charge is 0.497 e. The SMILES string of the molecule is COc1ccc(C(=O)Cl)c(CCl)c1. The van der Waals surface area contributed by atoms with Crippen molar-refractivity contribution in [2.75, 3.05) is 7.11 Å². The summed E-state index contributed by atoms with van der Waals surface area (Å²) in [6.07, 6.45) is 0. The number of carbonyl (C=O) groups excluding carboxylic acids is 1. The van der Waals surface area contributed by atoms with Gasteiger partial charge >= 0.3 is 0 Å². The summed E-state index contributed by atoms with van der Waals surface area (Å²) in [6, 6.07) is 4.97. The van der Waals surface area contributed by atoms with Crippen molar-refractivity contribution in [3.8, 4) is 5.75 Å². The molecule has 0 saturated carbocycles. The van der Waals surface area contributed by atoms with Crippen LogP contribution < -0.4 is 4.74 Å². The van der Waals surface area contributed by atoms with E-state index in [-0.39, 0.29) is 5.88 Å². The van der Waals surface area contributed by atoms with Crippen LogP contribution in [0.2, 0.25) is 0 Å². The minimum absolute atomic E-state index is 0.241. The Bertz CT molecular complexity index is 323. The summed E-state index contributed by atoms with van der Waals surface area (Å²) in [7, 11) is 1.55. The summed E-state index contributed by atoms with van der Waals surface area (Å²) in [5.74, 6) is 0.905. The second-order valence-electron chi connectivity index (χ2n) is 2.43. The van der Waals surface area contributed by atoms with E-state index >= 15 is 0 Å². The van der Waals surface area contributed by atoms with Gasteiger partial charge in [0.2, 0.25) is 0 Å². The predicted molar refractivity (Wildman–Crippen MR) is 52.7 cm³/mol. The monoisotopic (exact) mass is 218 g/mol. The van der Waals surface area contributed by atoms with E-state index < -0.39 is 5.24 Å². The Hall–Kier alpha value is -0.730. The first-order valence-corrected chi connectivity index (χ1v) is 4.53. The molecule has 0 aliphatic carbocycles. The molecule has 0 fully saturated rings. The van der Waals surface area contributed by atoms with E-state index in [1.165, 1.54) is 0 Å². The molecule has 0 heterocycles. The molecule has 1 aromatic carbocycles. The van der Waals surface area contributed by atoms with E-state index in [2.05, 4.69) is 0 Å². The Morgan fingerprint density at radius 3 is 2.69 bits per heavy atom. The van der Waals surface area contributed by atoms with Crippen LogP contribution in [0.3, 0.4) is 0 Å². The number of benzene rings is 1. The van der Waals surface area contributed by atoms with E-state index in [0.29, 0.717) is 16.9 Å². The molecular formula is C9H8Cl2O2. The molecule has 0 bridgehead atoms. The normalized spacial score (nSPS) is 9.77. The topological polar surface area (TPSA) is 26.3 Å². The highest BCUT2D eigenvalue weighted by Gasteiger charge is 2.08. The van der Waals surface area contributed by atoms with Crippen LogP contribution in [0.4, 0.5) is 0 Å². The number of hydrogen-bond acceptors (Lipinski definition) is 2. The molecule has 0 atom stereocenters. The molecule has 70 valence electrons. The Morgan fingerprint density at radius 2 is 2.23 bits per heavy atom. The molecule has 0 radical (unpaired) electrons. The molecule has 0 aromatic heterocycles. The smallest absolute Gasteiger partial charge is 0.252 e. The summed E-state index contributed by atoms with van der Waals surface area (Å²) in [5, 5.41) is -0.502. The second kappa shape index (κ2) is 4.49. The van der Waals surface area contributed by atoms with Gasteiger partial charge in [-0.05, 0) is 35.4 Å². The van der Waals surface area contributed by atoms with Crippen molar-refractivity contribution in [3.05, 3.63) is 29.3 Å². The van der Waals surface area contributed by atoms with Crippen molar-refractivity contribution in [1.82, 2.24) is 0 Å². The number of carbonyl (C=O) groups is 1. The van der Waals surface area contributed by atoms with Crippen LogP contribution in [0.5, 0.6) is 5.75 Å². The van der Waals surface area contributed by atoms with Crippen LogP contribution in [0.25, 0.3) is 0 Å². The van der Waals surface area contributed by atoms with Crippen molar-refractivity contribution < 1.29 is 9.53 Å². The minimum Gasteiger partial charge on any atom is -0.497 e. The van der Waals surface area contributed by atoms with Gasteiger partial charge in [0.05, 0.1) is 7.11 Å². The standard InChI is InChI=1S/C9H8Cl2O2/c1-13-7-2-3-8(9(11)12)6(4-7)5-10/h2-4H,5H2,1H3. The summed E-state index contributed by atoms with van der Waals surface area (Å²) in [5.41, 5.74) is 1.11. The first kappa shape index (κ1) is 10.4. The molecule has 4 heteroatoms. The molecule has 0 aliphatic heterocycles. The number of ether oxygens (including phenoxy) is 1. The van der Waals surface area contributed by atoms with Crippen molar-refractivity contribution in [2.24, 2.45) is 0 Å². The average molecular weight is 219 g/mol. The molecule has 0 spiro atoms. The van der Waals surface area contributed by atoms with E-state index in [4.69, 9.17) is 27.9 Å². The van der Waals surface area contributed by atoms with Crippen LogP contribution in [0.15, 0.2) is 18.2 Å². The van der Waals surface area contributed by atoms with Gasteiger partial charge < -0.3 is 4.74 Å². The van der Waals surface area contributed by atoms with Gasteiger partial charge in [-0.15, -0.1) is 11.6 Å². The van der Waals surface area contributed by atoms with Crippen LogP contribution in [0.1, 0.15) is 15.9 Å². The van der Waals surface area contributed by atoms with Crippen LogP contribution in [-0.4, -0.2) is 12.4 Å². The number of hydrogen-bond donors (Lipinski definition) is 0. The van der Waals surface area contributed by atoms with Crippen molar-refractivity contribution >= 4 is 28.4 Å². The van der Waals surface area contributed by atoms with Crippen molar-refractivity contribution in [2.45, 2.75) is 5.88 Å². The summed E-state index contributed by atoms with van der Waals surface area (Å²) >= 11 is 11.0. The van der Waals surface area contributed by atoms with Gasteiger partial charge in [0.1, 0.15) is 5.75 Å². The van der Waals surface area contributed by atoms with Gasteiger partial charge in [-0.1, -0.05) is 0 Å². The van der Waals surface area contributed by atoms with Crippen molar-refractivity contribution in [1.29, 1.82) is 0 Å². The maximum Gasteiger partial charge on any atom is 0.252 e. The zero-order chi connectivity index (χ0) is 9.84. The van der Waals surface area contributed by atoms with Gasteiger partial charge in [-0.2, -0.15) is 0 Å². The molecule has 0 aliphatic rings. The molecule has 1 aromatic rings. The Kier molecular flexibility index (Phi) is 3.58. The molecule has 2 nitrogen and oxygen atoms in total. The lowest BCUT2D eigenvalue weighted by Crippen LogP contribution is -1.96. The third kappa shape index (κ3) is 2.36. The molecule has 1 rings (SSSR count). The Morgan fingerprint density at radius 1 is 1.54 bits per heavy atom. The maximum absolute atomic E-state index is 10.9. The maximum atomic E-state index is 10.9. The molecule has 13 heavy (non-hydrogen) atoms. The van der Waals surface area contributed by atoms with Crippen LogP contribution >= 0.6 is 23.2 Å². The molecule has 0 saturated heterocycles. The van der Waals surface area contributed by atoms with Gasteiger partial charge in [0, 0.05) is 11.4 Å². The van der Waals surface area contributed by atoms with E-state index in [0.717, 1.165) is 0 Å². The number of methoxy groups -OCH3 is 1. The highest BCUT2D eigenvalue weighted by molar-refractivity contribution is 6.68. The number of rotatable bonds is 3. The molecule has 0 amide bonds. The minimum atomic E-state index is -0.502. The quantitative estimate of drug-likeness (QED) is 0.577. The molecule has 0 unspecified atom stereocenters. The highest BCUT2D eigenvalue weighted by Crippen LogP contribution is 2.20. The van der Waals surface area contributed by atoms with Gasteiger partial charge in [-0.25, -0.2) is 0 Å². The lowest BCUT2D eigenvalue weighted by Gasteiger charge is -2.05. The summed E-state index contributed by atoms with van der Waals surface area (Å²) < 4.78 is 4.98. The number of halogens is 2. The fourth-order valence-corrected chi connectivity index (χ4v) is 1.40. The average Bonchev–Trinajstić information content (AvgIpc) is 2.16. The summed E-state index contributed by atoms with van der Waals surface area (Å²) in [4.78, 5) is 10.9. The molecule has 0 N–H and O–H groups in total. The Balaban J connectivity index is 3.15. The van der Waals surface area contributed by atoms with E-state index in [9.17, 15) is 4.79 Å². The zero-order valence-corrected chi connectivity index (χ0v) is 8.52. The molecular weight excluding hydrogens is 211 g/mol. The third-order valence-electron chi connectivity index (χ3n) is 1.67.